The van der Waals surface area contributed by atoms with Gasteiger partial charge in [0.25, 0.3) is 0 Å². The van der Waals surface area contributed by atoms with Crippen LogP contribution in [0.4, 0.5) is 14.2 Å². The summed E-state index contributed by atoms with van der Waals surface area (Å²) in [5, 5.41) is 2.72. The first-order chi connectivity index (χ1) is 14.1. The van der Waals surface area contributed by atoms with E-state index in [0.29, 0.717) is 11.5 Å². The highest BCUT2D eigenvalue weighted by atomic mass is 32.1. The Labute approximate surface area is 175 Å². The predicted molar refractivity (Wildman–Crippen MR) is 112 cm³/mol. The number of hydrogen-bond acceptors (Lipinski definition) is 3. The molecule has 6 heteroatoms. The molecule has 0 N–H and O–H groups in total. The molecule has 3 saturated heterocycles. The number of rotatable bonds is 6. The van der Waals surface area contributed by atoms with Crippen molar-refractivity contribution in [1.29, 1.82) is 0 Å². The van der Waals surface area contributed by atoms with E-state index in [0.717, 1.165) is 34.8 Å². The molecule has 3 aliphatic heterocycles. The molecular weight excluding hydrogens is 387 g/mol. The average Bonchev–Trinajstić information content (AvgIpc) is 3.36. The minimum Gasteiger partial charge on any atom is -0.439 e. The van der Waals surface area contributed by atoms with Crippen LogP contribution in [-0.4, -0.2) is 42.9 Å². The Morgan fingerprint density at radius 3 is 2.62 bits per heavy atom. The normalized spacial score (nSPS) is 28.3. The fourth-order valence-corrected chi connectivity index (χ4v) is 5.83. The van der Waals surface area contributed by atoms with Crippen LogP contribution in [0.15, 0.2) is 41.8 Å². The van der Waals surface area contributed by atoms with Gasteiger partial charge < -0.3 is 9.22 Å². The van der Waals surface area contributed by atoms with Gasteiger partial charge in [-0.2, -0.15) is 0 Å². The molecular formula is C23H28FN2O2S+. The highest BCUT2D eigenvalue weighted by Gasteiger charge is 2.49. The summed E-state index contributed by atoms with van der Waals surface area (Å²) in [7, 11) is 0. The third-order valence-corrected chi connectivity index (χ3v) is 7.81. The van der Waals surface area contributed by atoms with Crippen LogP contribution >= 0.6 is 11.3 Å². The summed E-state index contributed by atoms with van der Waals surface area (Å²) in [6.07, 6.45) is 4.66. The molecule has 0 spiro atoms. The van der Waals surface area contributed by atoms with Gasteiger partial charge in [0.2, 0.25) is 0 Å². The number of carbonyl (C=O) groups excluding carboxylic acids is 1. The first-order valence-electron chi connectivity index (χ1n) is 10.7. The molecule has 4 aliphatic rings. The van der Waals surface area contributed by atoms with Gasteiger partial charge in [-0.15, -0.1) is 11.3 Å². The summed E-state index contributed by atoms with van der Waals surface area (Å²) < 4.78 is 21.5. The molecule has 0 radical (unpaired) electrons. The standard InChI is InChI=1S/C23H28FN2O2S/c24-20-5-2-1-4-19(20)14-25(22-6-3-13-29-22)23(27)28-21-16-26(15-17-7-8-17)11-9-18(21)10-12-26/h1-6,13,17-18,21H,7-12,14-16H2/q+1/t18?,21-,26?/m0/s1. The predicted octanol–water partition coefficient (Wildman–Crippen LogP) is 5.05. The zero-order valence-electron chi connectivity index (χ0n) is 16.6. The largest absolute Gasteiger partial charge is 0.439 e. The molecule has 1 amide bonds. The topological polar surface area (TPSA) is 29.5 Å². The second-order valence-electron chi connectivity index (χ2n) is 8.99. The molecule has 4 nitrogen and oxygen atoms in total. The number of ether oxygens (including phenoxy) is 1. The number of piperidine rings is 3. The summed E-state index contributed by atoms with van der Waals surface area (Å²) in [5.41, 5.74) is 0.504. The highest BCUT2D eigenvalue weighted by molar-refractivity contribution is 7.14. The zero-order chi connectivity index (χ0) is 19.8. The van der Waals surface area contributed by atoms with Crippen molar-refractivity contribution in [2.45, 2.75) is 38.3 Å². The van der Waals surface area contributed by atoms with Crippen molar-refractivity contribution in [3.05, 3.63) is 53.2 Å². The quantitative estimate of drug-likeness (QED) is 0.618. The van der Waals surface area contributed by atoms with Gasteiger partial charge in [-0.3, -0.25) is 4.90 Å². The van der Waals surface area contributed by atoms with Gasteiger partial charge in [-0.1, -0.05) is 18.2 Å². The summed E-state index contributed by atoms with van der Waals surface area (Å²) in [4.78, 5) is 14.8. The van der Waals surface area contributed by atoms with E-state index in [9.17, 15) is 9.18 Å². The van der Waals surface area contributed by atoms with Crippen molar-refractivity contribution in [2.24, 2.45) is 11.8 Å². The molecule has 2 aromatic rings. The van der Waals surface area contributed by atoms with Crippen LogP contribution in [0.5, 0.6) is 0 Å². The number of nitrogens with zero attached hydrogens (tertiary/aromatic N) is 2. The summed E-state index contributed by atoms with van der Waals surface area (Å²) in [6.45, 7) is 4.86. The van der Waals surface area contributed by atoms with Crippen LogP contribution in [-0.2, 0) is 11.3 Å². The molecule has 4 heterocycles. The monoisotopic (exact) mass is 415 g/mol. The number of quaternary nitrogens is 1. The lowest BCUT2D eigenvalue weighted by Gasteiger charge is -2.52. The second-order valence-corrected chi connectivity index (χ2v) is 9.91. The molecule has 1 aromatic heterocycles. The van der Waals surface area contributed by atoms with Crippen molar-refractivity contribution in [3.63, 3.8) is 0 Å². The van der Waals surface area contributed by atoms with Gasteiger partial charge in [-0.05, 0) is 36.4 Å². The molecule has 1 aliphatic carbocycles. The van der Waals surface area contributed by atoms with Gasteiger partial charge in [0.05, 0.1) is 26.2 Å². The van der Waals surface area contributed by atoms with Gasteiger partial charge in [0.15, 0.2) is 6.10 Å². The second kappa shape index (κ2) is 7.73. The van der Waals surface area contributed by atoms with Crippen LogP contribution < -0.4 is 4.90 Å². The summed E-state index contributed by atoms with van der Waals surface area (Å²) in [5.74, 6) is 1.06. The van der Waals surface area contributed by atoms with Crippen LogP contribution in [0.3, 0.4) is 0 Å². The molecule has 29 heavy (non-hydrogen) atoms. The van der Waals surface area contributed by atoms with E-state index >= 15 is 0 Å². The van der Waals surface area contributed by atoms with E-state index in [1.807, 2.05) is 17.5 Å². The van der Waals surface area contributed by atoms with E-state index in [1.54, 1.807) is 23.1 Å². The van der Waals surface area contributed by atoms with Crippen LogP contribution in [0, 0.1) is 17.7 Å². The Morgan fingerprint density at radius 2 is 1.93 bits per heavy atom. The SMILES string of the molecule is O=C(O[C@H]1C[N+]2(CC3CC3)CCC1CC2)N(Cc1ccccc1F)c1cccs1. The van der Waals surface area contributed by atoms with E-state index in [2.05, 4.69) is 0 Å². The molecule has 1 atom stereocenters. The van der Waals surface area contributed by atoms with Crippen molar-refractivity contribution in [1.82, 2.24) is 0 Å². The number of fused-ring (bicyclic) bond motifs is 3. The number of halogens is 1. The van der Waals surface area contributed by atoms with Crippen LogP contribution in [0.1, 0.15) is 31.2 Å². The maximum Gasteiger partial charge on any atom is 0.415 e. The Hall–Kier alpha value is -1.92. The Morgan fingerprint density at radius 1 is 1.14 bits per heavy atom. The number of amides is 1. The van der Waals surface area contributed by atoms with Crippen LogP contribution in [0.25, 0.3) is 0 Å². The van der Waals surface area contributed by atoms with Gasteiger partial charge in [0.1, 0.15) is 17.4 Å². The number of hydrogen-bond donors (Lipinski definition) is 0. The molecule has 1 aromatic carbocycles. The van der Waals surface area contributed by atoms with Crippen molar-refractivity contribution >= 4 is 22.4 Å². The minimum absolute atomic E-state index is 0.0215. The van der Waals surface area contributed by atoms with E-state index in [1.165, 1.54) is 49.9 Å². The average molecular weight is 416 g/mol. The van der Waals surface area contributed by atoms with E-state index in [-0.39, 0.29) is 24.6 Å². The van der Waals surface area contributed by atoms with Crippen molar-refractivity contribution < 1.29 is 18.4 Å². The fraction of sp³-hybridized carbons (Fsp3) is 0.522. The zero-order valence-corrected chi connectivity index (χ0v) is 17.5. The van der Waals surface area contributed by atoms with E-state index < -0.39 is 0 Å². The Bertz CT molecular complexity index is 860. The molecule has 2 bridgehead atoms. The maximum atomic E-state index is 14.2. The maximum absolute atomic E-state index is 14.2. The molecule has 0 unspecified atom stereocenters. The van der Waals surface area contributed by atoms with Crippen molar-refractivity contribution in [2.75, 3.05) is 31.1 Å². The lowest BCUT2D eigenvalue weighted by atomic mass is 9.83. The number of anilines is 1. The fourth-order valence-electron chi connectivity index (χ4n) is 5.11. The lowest BCUT2D eigenvalue weighted by molar-refractivity contribution is -0.947. The highest BCUT2D eigenvalue weighted by Crippen LogP contribution is 2.41. The molecule has 1 saturated carbocycles. The lowest BCUT2D eigenvalue weighted by Crippen LogP contribution is -2.65. The Kier molecular flexibility index (Phi) is 5.08. The number of thiophene rings is 1. The molecule has 154 valence electrons. The Balaban J connectivity index is 1.32. The first-order valence-corrected chi connectivity index (χ1v) is 11.6. The minimum atomic E-state index is -0.348. The smallest absolute Gasteiger partial charge is 0.415 e. The summed E-state index contributed by atoms with van der Waals surface area (Å²) in [6, 6.07) is 10.4. The molecule has 4 fully saturated rings. The summed E-state index contributed by atoms with van der Waals surface area (Å²) >= 11 is 1.48. The van der Waals surface area contributed by atoms with Gasteiger partial charge in [-0.25, -0.2) is 9.18 Å². The van der Waals surface area contributed by atoms with Gasteiger partial charge >= 0.3 is 6.09 Å². The van der Waals surface area contributed by atoms with Gasteiger partial charge in [0, 0.05) is 30.2 Å². The number of benzene rings is 1. The number of carbonyl (C=O) groups is 1. The third kappa shape index (κ3) is 4.05. The third-order valence-electron chi connectivity index (χ3n) is 6.91. The first kappa shape index (κ1) is 19.1. The van der Waals surface area contributed by atoms with Crippen LogP contribution in [0.2, 0.25) is 0 Å². The van der Waals surface area contributed by atoms with Crippen molar-refractivity contribution in [3.8, 4) is 0 Å². The molecule has 6 rings (SSSR count). The van der Waals surface area contributed by atoms with E-state index in [4.69, 9.17) is 4.74 Å².